The number of carbonyl (C=O) groups is 1. The summed E-state index contributed by atoms with van der Waals surface area (Å²) in [5.74, 6) is 0.906. The van der Waals surface area contributed by atoms with Gasteiger partial charge in [0.15, 0.2) is 0 Å². The number of hydrogen-bond acceptors (Lipinski definition) is 7. The zero-order chi connectivity index (χ0) is 24.5. The minimum Gasteiger partial charge on any atom is -0.497 e. The highest BCUT2D eigenvalue weighted by molar-refractivity contribution is 6.64. The number of hydrogen-bond donors (Lipinski definition) is 0. The third-order valence-electron chi connectivity index (χ3n) is 6.46. The summed E-state index contributed by atoms with van der Waals surface area (Å²) in [6, 6.07) is 11.3. The lowest BCUT2D eigenvalue weighted by Gasteiger charge is -2.32. The van der Waals surface area contributed by atoms with Crippen LogP contribution in [-0.2, 0) is 31.9 Å². The molecule has 1 fully saturated rings. The van der Waals surface area contributed by atoms with Crippen molar-refractivity contribution in [1.29, 1.82) is 0 Å². The Morgan fingerprint density at radius 1 is 1.03 bits per heavy atom. The average molecular weight is 466 g/mol. The Hall–Kier alpha value is -2.97. The Labute approximate surface area is 200 Å². The monoisotopic (exact) mass is 466 g/mol. The first kappa shape index (κ1) is 24.2. The molecule has 0 radical (unpaired) electrons. The van der Waals surface area contributed by atoms with Crippen LogP contribution in [0.4, 0.5) is 0 Å². The molecule has 0 saturated carbocycles. The average Bonchev–Trinajstić information content (AvgIpc) is 3.33. The van der Waals surface area contributed by atoms with Crippen molar-refractivity contribution in [2.75, 3.05) is 13.7 Å². The van der Waals surface area contributed by atoms with Gasteiger partial charge in [0.25, 0.3) is 0 Å². The van der Waals surface area contributed by atoms with Crippen LogP contribution < -0.4 is 14.9 Å². The van der Waals surface area contributed by atoms with E-state index in [2.05, 4.69) is 0 Å². The molecule has 0 atom stereocenters. The first-order chi connectivity index (χ1) is 16.1. The van der Waals surface area contributed by atoms with Crippen molar-refractivity contribution in [2.45, 2.75) is 58.8 Å². The summed E-state index contributed by atoms with van der Waals surface area (Å²) >= 11 is 0. The number of furan rings is 1. The predicted molar refractivity (Wildman–Crippen MR) is 130 cm³/mol. The lowest BCUT2D eigenvalue weighted by atomic mass is 9.77. The molecule has 2 heterocycles. The van der Waals surface area contributed by atoms with Gasteiger partial charge >= 0.3 is 13.1 Å². The first-order valence-electron chi connectivity index (χ1n) is 11.4. The van der Waals surface area contributed by atoms with E-state index in [0.29, 0.717) is 18.1 Å². The van der Waals surface area contributed by atoms with Crippen LogP contribution in [0.5, 0.6) is 11.5 Å². The van der Waals surface area contributed by atoms with Crippen LogP contribution in [0.15, 0.2) is 47.1 Å². The largest absolute Gasteiger partial charge is 0.498 e. The van der Waals surface area contributed by atoms with Crippen molar-refractivity contribution < 1.29 is 32.7 Å². The molecule has 4 rings (SSSR count). The van der Waals surface area contributed by atoms with Crippen LogP contribution in [0.25, 0.3) is 11.0 Å². The number of ether oxygens (including phenoxy) is 3. The van der Waals surface area contributed by atoms with Gasteiger partial charge in [-0.3, -0.25) is 4.79 Å². The molecule has 0 bridgehead atoms. The Kier molecular flexibility index (Phi) is 6.65. The van der Waals surface area contributed by atoms with Gasteiger partial charge in [0.2, 0.25) is 0 Å². The maximum atomic E-state index is 12.1. The third-order valence-corrected chi connectivity index (χ3v) is 6.46. The smallest absolute Gasteiger partial charge is 0.497 e. The molecule has 1 aromatic heterocycles. The Bertz CT molecular complexity index is 1170. The van der Waals surface area contributed by atoms with Crippen molar-refractivity contribution in [3.63, 3.8) is 0 Å². The fourth-order valence-corrected chi connectivity index (χ4v) is 3.87. The highest BCUT2D eigenvalue weighted by Crippen LogP contribution is 2.37. The Morgan fingerprint density at radius 2 is 1.76 bits per heavy atom. The van der Waals surface area contributed by atoms with Gasteiger partial charge in [-0.15, -0.1) is 0 Å². The molecule has 0 N–H and O–H groups in total. The normalized spacial score (nSPS) is 16.6. The number of esters is 1. The first-order valence-corrected chi connectivity index (χ1v) is 11.4. The second-order valence-electron chi connectivity index (χ2n) is 9.36. The fraction of sp³-hybridized carbons (Fsp3) is 0.423. The summed E-state index contributed by atoms with van der Waals surface area (Å²) < 4.78 is 34.9. The van der Waals surface area contributed by atoms with Crippen molar-refractivity contribution in [2.24, 2.45) is 0 Å². The van der Waals surface area contributed by atoms with Crippen molar-refractivity contribution in [3.8, 4) is 11.5 Å². The molecule has 8 heteroatoms. The highest BCUT2D eigenvalue weighted by atomic mass is 16.7. The molecule has 0 spiro atoms. The van der Waals surface area contributed by atoms with Gasteiger partial charge in [-0.05, 0) is 58.4 Å². The maximum absolute atomic E-state index is 12.1. The number of carbonyl (C=O) groups excluding carboxylic acids is 1. The quantitative estimate of drug-likeness (QED) is 0.359. The van der Waals surface area contributed by atoms with Crippen LogP contribution >= 0.6 is 0 Å². The van der Waals surface area contributed by atoms with E-state index in [4.69, 9.17) is 27.9 Å². The van der Waals surface area contributed by atoms with Crippen LogP contribution in [0.3, 0.4) is 0 Å². The minimum absolute atomic E-state index is 0.118. The molecule has 2 aromatic carbocycles. The zero-order valence-corrected chi connectivity index (χ0v) is 20.6. The Morgan fingerprint density at radius 3 is 2.44 bits per heavy atom. The molecular weight excluding hydrogens is 435 g/mol. The molecule has 0 unspecified atom stereocenters. The van der Waals surface area contributed by atoms with E-state index < -0.39 is 18.3 Å². The van der Waals surface area contributed by atoms with Gasteiger partial charge in [0.05, 0.1) is 37.6 Å². The molecule has 180 valence electrons. The molecule has 1 aliphatic heterocycles. The van der Waals surface area contributed by atoms with Gasteiger partial charge in [0.1, 0.15) is 23.7 Å². The lowest BCUT2D eigenvalue weighted by molar-refractivity contribution is -0.142. The topological polar surface area (TPSA) is 76.4 Å². The van der Waals surface area contributed by atoms with Crippen LogP contribution in [0.2, 0.25) is 0 Å². The third kappa shape index (κ3) is 4.79. The molecule has 34 heavy (non-hydrogen) atoms. The van der Waals surface area contributed by atoms with Gasteiger partial charge in [-0.2, -0.15) is 0 Å². The van der Waals surface area contributed by atoms with E-state index in [1.165, 1.54) is 0 Å². The second kappa shape index (κ2) is 9.35. The van der Waals surface area contributed by atoms with Crippen LogP contribution in [0.1, 0.15) is 45.7 Å². The van der Waals surface area contributed by atoms with Crippen molar-refractivity contribution in [1.82, 2.24) is 0 Å². The van der Waals surface area contributed by atoms with Crippen molar-refractivity contribution in [3.05, 3.63) is 53.8 Å². The number of rotatable bonds is 8. The summed E-state index contributed by atoms with van der Waals surface area (Å²) in [5, 5.41) is 0.934. The number of benzene rings is 2. The van der Waals surface area contributed by atoms with E-state index >= 15 is 0 Å². The maximum Gasteiger partial charge on any atom is 0.498 e. The lowest BCUT2D eigenvalue weighted by Crippen LogP contribution is -2.41. The molecule has 0 aliphatic carbocycles. The van der Waals surface area contributed by atoms with Gasteiger partial charge in [-0.25, -0.2) is 0 Å². The molecule has 3 aromatic rings. The van der Waals surface area contributed by atoms with Crippen LogP contribution in [0, 0.1) is 0 Å². The summed E-state index contributed by atoms with van der Waals surface area (Å²) in [5.41, 5.74) is 2.26. The standard InChI is InChI=1S/C26H31BO7/c1-7-30-23(28)14-18-8-9-20(29-6)15-22(18)32-16-17-12-19-10-11-31-24(19)21(13-17)27-33-25(2,3)26(4,5)34-27/h8-13,15H,7,14,16H2,1-6H3. The van der Waals surface area contributed by atoms with Gasteiger partial charge < -0.3 is 27.9 Å². The summed E-state index contributed by atoms with van der Waals surface area (Å²) in [7, 11) is 1.03. The summed E-state index contributed by atoms with van der Waals surface area (Å²) in [4.78, 5) is 12.1. The van der Waals surface area contributed by atoms with Crippen molar-refractivity contribution >= 4 is 29.5 Å². The summed E-state index contributed by atoms with van der Waals surface area (Å²) in [6.45, 7) is 10.5. The molecule has 7 nitrogen and oxygen atoms in total. The second-order valence-corrected chi connectivity index (χ2v) is 9.36. The van der Waals surface area contributed by atoms with E-state index in [1.54, 1.807) is 32.4 Å². The SMILES string of the molecule is CCOC(=O)Cc1ccc(OC)cc1OCc1cc(B2OC(C)(C)C(C)(C)O2)c2occc2c1. The summed E-state index contributed by atoms with van der Waals surface area (Å²) in [6.07, 6.45) is 1.77. The minimum atomic E-state index is -0.560. The molecular formula is C26H31BO7. The van der Waals surface area contributed by atoms with Gasteiger partial charge in [0, 0.05) is 22.5 Å². The molecule has 1 saturated heterocycles. The van der Waals surface area contributed by atoms with Gasteiger partial charge in [-0.1, -0.05) is 12.1 Å². The number of fused-ring (bicyclic) bond motifs is 1. The van der Waals surface area contributed by atoms with Crippen LogP contribution in [-0.4, -0.2) is 38.0 Å². The van der Waals surface area contributed by atoms with E-state index in [-0.39, 0.29) is 19.0 Å². The predicted octanol–water partition coefficient (Wildman–Crippen LogP) is 4.43. The van der Waals surface area contributed by atoms with E-state index in [0.717, 1.165) is 27.6 Å². The highest BCUT2D eigenvalue weighted by Gasteiger charge is 2.52. The number of methoxy groups -OCH3 is 1. The molecule has 1 aliphatic rings. The molecule has 0 amide bonds. The fourth-order valence-electron chi connectivity index (χ4n) is 3.87. The zero-order valence-electron chi connectivity index (χ0n) is 20.6. The Balaban J connectivity index is 1.61. The van der Waals surface area contributed by atoms with E-state index in [9.17, 15) is 4.79 Å². The van der Waals surface area contributed by atoms with E-state index in [1.807, 2.05) is 52.0 Å².